The van der Waals surface area contributed by atoms with Gasteiger partial charge in [-0.05, 0) is 37.1 Å². The van der Waals surface area contributed by atoms with Gasteiger partial charge >= 0.3 is 0 Å². The zero-order valence-electron chi connectivity index (χ0n) is 16.3. The number of benzene rings is 2. The van der Waals surface area contributed by atoms with Crippen molar-refractivity contribution in [3.05, 3.63) is 71.3 Å². The normalized spacial score (nSPS) is 15.9. The van der Waals surface area contributed by atoms with Crippen LogP contribution >= 0.6 is 0 Å². The number of para-hydroxylation sites is 1. The summed E-state index contributed by atoms with van der Waals surface area (Å²) in [6.07, 6.45) is 0. The summed E-state index contributed by atoms with van der Waals surface area (Å²) in [5, 5.41) is 1.13. The molecule has 0 radical (unpaired) electrons. The van der Waals surface area contributed by atoms with Gasteiger partial charge < -0.3 is 4.90 Å². The standard InChI is InChI=1S/C22H25N3O2S/c1-17-6-5-7-19(14-17)16-28(26,27)25-12-10-24(11-13-25)22-18(2)15-20-8-3-4-9-21(20)23-22/h3-9,14-15H,10-13,16H2,1-2H3. The summed E-state index contributed by atoms with van der Waals surface area (Å²) in [6, 6.07) is 17.9. The van der Waals surface area contributed by atoms with Gasteiger partial charge in [-0.3, -0.25) is 0 Å². The van der Waals surface area contributed by atoms with Crippen LogP contribution in [-0.4, -0.2) is 43.9 Å². The van der Waals surface area contributed by atoms with Crippen LogP contribution in [0.3, 0.4) is 0 Å². The lowest BCUT2D eigenvalue weighted by atomic mass is 10.1. The maximum Gasteiger partial charge on any atom is 0.218 e. The van der Waals surface area contributed by atoms with Gasteiger partial charge in [0.1, 0.15) is 5.82 Å². The van der Waals surface area contributed by atoms with Crippen molar-refractivity contribution in [1.29, 1.82) is 0 Å². The number of rotatable bonds is 4. The third kappa shape index (κ3) is 3.88. The Morgan fingerprint density at radius 1 is 0.929 bits per heavy atom. The topological polar surface area (TPSA) is 53.5 Å². The third-order valence-corrected chi connectivity index (χ3v) is 7.10. The third-order valence-electron chi connectivity index (χ3n) is 5.25. The molecule has 0 saturated carbocycles. The Labute approximate surface area is 166 Å². The second kappa shape index (κ2) is 7.53. The lowest BCUT2D eigenvalue weighted by molar-refractivity contribution is 0.383. The van der Waals surface area contributed by atoms with Crippen LogP contribution in [0.1, 0.15) is 16.7 Å². The fourth-order valence-electron chi connectivity index (χ4n) is 3.81. The van der Waals surface area contributed by atoms with Gasteiger partial charge in [0.2, 0.25) is 10.0 Å². The van der Waals surface area contributed by atoms with Crippen LogP contribution in [0.2, 0.25) is 0 Å². The summed E-state index contributed by atoms with van der Waals surface area (Å²) in [5.74, 6) is 1.01. The monoisotopic (exact) mass is 395 g/mol. The van der Waals surface area contributed by atoms with Crippen LogP contribution in [0.4, 0.5) is 5.82 Å². The van der Waals surface area contributed by atoms with Crippen LogP contribution in [-0.2, 0) is 15.8 Å². The van der Waals surface area contributed by atoms with E-state index in [-0.39, 0.29) is 5.75 Å². The fourth-order valence-corrected chi connectivity index (χ4v) is 5.32. The SMILES string of the molecule is Cc1cccc(CS(=O)(=O)N2CCN(c3nc4ccccc4cc3C)CC2)c1. The van der Waals surface area contributed by atoms with Gasteiger partial charge in [0.25, 0.3) is 0 Å². The van der Waals surface area contributed by atoms with Gasteiger partial charge in [-0.2, -0.15) is 4.31 Å². The van der Waals surface area contributed by atoms with Gasteiger partial charge in [0.05, 0.1) is 11.3 Å². The Balaban J connectivity index is 1.48. The first-order chi connectivity index (χ1) is 13.4. The average molecular weight is 396 g/mol. The highest BCUT2D eigenvalue weighted by molar-refractivity contribution is 7.88. The highest BCUT2D eigenvalue weighted by Gasteiger charge is 2.28. The number of anilines is 1. The molecule has 1 aromatic heterocycles. The van der Waals surface area contributed by atoms with Crippen molar-refractivity contribution in [3.8, 4) is 0 Å². The van der Waals surface area contributed by atoms with Crippen molar-refractivity contribution in [2.24, 2.45) is 0 Å². The van der Waals surface area contributed by atoms with Crippen molar-refractivity contribution in [2.75, 3.05) is 31.1 Å². The summed E-state index contributed by atoms with van der Waals surface area (Å²) >= 11 is 0. The van der Waals surface area contributed by atoms with E-state index in [1.165, 1.54) is 0 Å². The Kier molecular flexibility index (Phi) is 5.08. The van der Waals surface area contributed by atoms with E-state index in [9.17, 15) is 8.42 Å². The first-order valence-corrected chi connectivity index (χ1v) is 11.2. The Morgan fingerprint density at radius 2 is 1.68 bits per heavy atom. The van der Waals surface area contributed by atoms with E-state index in [4.69, 9.17) is 4.98 Å². The molecule has 0 N–H and O–H groups in total. The molecule has 0 amide bonds. The highest BCUT2D eigenvalue weighted by atomic mass is 32.2. The van der Waals surface area contributed by atoms with E-state index in [2.05, 4.69) is 24.0 Å². The molecule has 2 heterocycles. The van der Waals surface area contributed by atoms with Gasteiger partial charge in [0, 0.05) is 31.6 Å². The van der Waals surface area contributed by atoms with E-state index in [1.807, 2.05) is 49.4 Å². The van der Waals surface area contributed by atoms with Crippen LogP contribution in [0, 0.1) is 13.8 Å². The van der Waals surface area contributed by atoms with Crippen molar-refractivity contribution in [2.45, 2.75) is 19.6 Å². The number of piperazine rings is 1. The molecule has 0 bridgehead atoms. The van der Waals surface area contributed by atoms with Crippen LogP contribution in [0.15, 0.2) is 54.6 Å². The van der Waals surface area contributed by atoms with E-state index in [0.717, 1.165) is 33.4 Å². The summed E-state index contributed by atoms with van der Waals surface area (Å²) in [5.41, 5.74) is 4.01. The van der Waals surface area contributed by atoms with Crippen molar-refractivity contribution in [3.63, 3.8) is 0 Å². The van der Waals surface area contributed by atoms with Crippen molar-refractivity contribution < 1.29 is 8.42 Å². The Morgan fingerprint density at radius 3 is 2.43 bits per heavy atom. The minimum Gasteiger partial charge on any atom is -0.354 e. The second-order valence-electron chi connectivity index (χ2n) is 7.45. The van der Waals surface area contributed by atoms with Crippen LogP contribution in [0.5, 0.6) is 0 Å². The van der Waals surface area contributed by atoms with Gasteiger partial charge in [-0.15, -0.1) is 0 Å². The molecule has 0 atom stereocenters. The lowest BCUT2D eigenvalue weighted by Crippen LogP contribution is -2.49. The minimum absolute atomic E-state index is 0.0575. The molecule has 1 aliphatic rings. The molecule has 4 rings (SSSR count). The predicted molar refractivity (Wildman–Crippen MR) is 114 cm³/mol. The molecule has 28 heavy (non-hydrogen) atoms. The van der Waals surface area contributed by atoms with Crippen LogP contribution < -0.4 is 4.90 Å². The molecule has 2 aromatic carbocycles. The molecule has 6 heteroatoms. The van der Waals surface area contributed by atoms with Crippen LogP contribution in [0.25, 0.3) is 10.9 Å². The highest BCUT2D eigenvalue weighted by Crippen LogP contribution is 2.25. The zero-order chi connectivity index (χ0) is 19.7. The summed E-state index contributed by atoms with van der Waals surface area (Å²) in [6.45, 7) is 6.33. The van der Waals surface area contributed by atoms with E-state index < -0.39 is 10.0 Å². The van der Waals surface area contributed by atoms with Gasteiger partial charge in [-0.1, -0.05) is 48.0 Å². The molecule has 1 saturated heterocycles. The number of nitrogens with zero attached hydrogens (tertiary/aromatic N) is 3. The maximum atomic E-state index is 12.8. The molecule has 1 aliphatic heterocycles. The lowest BCUT2D eigenvalue weighted by Gasteiger charge is -2.35. The molecular weight excluding hydrogens is 370 g/mol. The second-order valence-corrected chi connectivity index (χ2v) is 9.42. The zero-order valence-corrected chi connectivity index (χ0v) is 17.1. The molecule has 5 nitrogen and oxygen atoms in total. The summed E-state index contributed by atoms with van der Waals surface area (Å²) in [4.78, 5) is 7.02. The smallest absolute Gasteiger partial charge is 0.218 e. The molecule has 3 aromatic rings. The molecule has 0 spiro atoms. The van der Waals surface area contributed by atoms with E-state index in [0.29, 0.717) is 26.2 Å². The predicted octanol–water partition coefficient (Wildman–Crippen LogP) is 3.50. The fraction of sp³-hybridized carbons (Fsp3) is 0.318. The number of hydrogen-bond donors (Lipinski definition) is 0. The van der Waals surface area contributed by atoms with Gasteiger partial charge in [-0.25, -0.2) is 13.4 Å². The quantitative estimate of drug-likeness (QED) is 0.678. The molecule has 1 fully saturated rings. The Bertz CT molecular complexity index is 1100. The average Bonchev–Trinajstić information content (AvgIpc) is 2.67. The Hall–Kier alpha value is -2.44. The first kappa shape index (κ1) is 18.9. The van der Waals surface area contributed by atoms with E-state index >= 15 is 0 Å². The van der Waals surface area contributed by atoms with Crippen molar-refractivity contribution >= 4 is 26.7 Å². The number of hydrogen-bond acceptors (Lipinski definition) is 4. The summed E-state index contributed by atoms with van der Waals surface area (Å²) in [7, 11) is -3.32. The van der Waals surface area contributed by atoms with Gasteiger partial charge in [0.15, 0.2) is 0 Å². The molecule has 146 valence electrons. The number of aryl methyl sites for hydroxylation is 2. The number of pyridine rings is 1. The molecular formula is C22H25N3O2S. The summed E-state index contributed by atoms with van der Waals surface area (Å²) < 4.78 is 27.3. The number of aromatic nitrogens is 1. The number of sulfonamides is 1. The maximum absolute atomic E-state index is 12.8. The van der Waals surface area contributed by atoms with Crippen molar-refractivity contribution in [1.82, 2.24) is 9.29 Å². The molecule has 0 unspecified atom stereocenters. The minimum atomic E-state index is -3.32. The first-order valence-electron chi connectivity index (χ1n) is 9.57. The largest absolute Gasteiger partial charge is 0.354 e. The number of fused-ring (bicyclic) bond motifs is 1. The van der Waals surface area contributed by atoms with E-state index in [1.54, 1.807) is 4.31 Å². The molecule has 0 aliphatic carbocycles.